The van der Waals surface area contributed by atoms with Gasteiger partial charge in [-0.1, -0.05) is 26.0 Å². The standard InChI is InChI=1S/C18H20N4O5/c1-12(2)9-19-18(25)14-5-3-4-6-15(14)20-16(23)11-21-10-13(22(26)27)7-8-17(21)24/h3-8,10,12H,9,11H2,1-2H3,(H,19,25)(H,20,23). The lowest BCUT2D eigenvalue weighted by Crippen LogP contribution is -2.30. The fourth-order valence-electron chi connectivity index (χ4n) is 2.28. The van der Waals surface area contributed by atoms with Crippen molar-refractivity contribution < 1.29 is 14.5 Å². The Kier molecular flexibility index (Phi) is 6.42. The van der Waals surface area contributed by atoms with Gasteiger partial charge in [-0.05, 0) is 18.1 Å². The second kappa shape index (κ2) is 8.75. The van der Waals surface area contributed by atoms with Crippen LogP contribution in [0.1, 0.15) is 24.2 Å². The smallest absolute Gasteiger partial charge is 0.285 e. The maximum absolute atomic E-state index is 12.3. The van der Waals surface area contributed by atoms with Crippen molar-refractivity contribution in [3.63, 3.8) is 0 Å². The van der Waals surface area contributed by atoms with Crippen LogP contribution >= 0.6 is 0 Å². The van der Waals surface area contributed by atoms with Crippen molar-refractivity contribution in [2.24, 2.45) is 5.92 Å². The third-order valence-electron chi connectivity index (χ3n) is 3.61. The third kappa shape index (κ3) is 5.50. The maximum atomic E-state index is 12.3. The number of aromatic nitrogens is 1. The molecule has 0 bridgehead atoms. The Morgan fingerprint density at radius 2 is 1.89 bits per heavy atom. The Morgan fingerprint density at radius 1 is 1.19 bits per heavy atom. The lowest BCUT2D eigenvalue weighted by atomic mass is 10.1. The van der Waals surface area contributed by atoms with Crippen molar-refractivity contribution in [2.45, 2.75) is 20.4 Å². The minimum Gasteiger partial charge on any atom is -0.352 e. The molecule has 1 aromatic carbocycles. The van der Waals surface area contributed by atoms with Gasteiger partial charge < -0.3 is 10.6 Å². The average molecular weight is 372 g/mol. The monoisotopic (exact) mass is 372 g/mol. The quantitative estimate of drug-likeness (QED) is 0.566. The summed E-state index contributed by atoms with van der Waals surface area (Å²) in [4.78, 5) is 46.5. The van der Waals surface area contributed by atoms with E-state index in [1.54, 1.807) is 24.3 Å². The van der Waals surface area contributed by atoms with Crippen molar-refractivity contribution >= 4 is 23.2 Å². The van der Waals surface area contributed by atoms with Gasteiger partial charge in [0.2, 0.25) is 5.91 Å². The van der Waals surface area contributed by atoms with E-state index in [2.05, 4.69) is 10.6 Å². The number of hydrogen-bond acceptors (Lipinski definition) is 5. The fourth-order valence-corrected chi connectivity index (χ4v) is 2.28. The summed E-state index contributed by atoms with van der Waals surface area (Å²) < 4.78 is 0.939. The topological polar surface area (TPSA) is 123 Å². The molecule has 2 rings (SSSR count). The summed E-state index contributed by atoms with van der Waals surface area (Å²) in [7, 11) is 0. The van der Waals surface area contributed by atoms with Crippen LogP contribution in [0.2, 0.25) is 0 Å². The molecule has 27 heavy (non-hydrogen) atoms. The van der Waals surface area contributed by atoms with Crippen LogP contribution in [0.5, 0.6) is 0 Å². The van der Waals surface area contributed by atoms with Crippen molar-refractivity contribution in [3.8, 4) is 0 Å². The molecule has 0 aliphatic heterocycles. The minimum atomic E-state index is -0.651. The molecule has 0 aliphatic rings. The summed E-state index contributed by atoms with van der Waals surface area (Å²) in [6.45, 7) is 4.00. The van der Waals surface area contributed by atoms with E-state index in [1.807, 2.05) is 13.8 Å². The average Bonchev–Trinajstić information content (AvgIpc) is 2.61. The zero-order valence-electron chi connectivity index (χ0n) is 15.0. The Bertz CT molecular complexity index is 920. The Hall–Kier alpha value is -3.49. The van der Waals surface area contributed by atoms with Crippen LogP contribution in [0.15, 0.2) is 47.4 Å². The van der Waals surface area contributed by atoms with E-state index in [0.29, 0.717) is 12.2 Å². The Labute approximate surface area is 155 Å². The zero-order chi connectivity index (χ0) is 20.0. The highest BCUT2D eigenvalue weighted by atomic mass is 16.6. The van der Waals surface area contributed by atoms with Crippen LogP contribution in [-0.4, -0.2) is 27.8 Å². The summed E-state index contributed by atoms with van der Waals surface area (Å²) in [5, 5.41) is 16.2. The zero-order valence-corrected chi connectivity index (χ0v) is 15.0. The molecule has 0 saturated heterocycles. The van der Waals surface area contributed by atoms with Gasteiger partial charge >= 0.3 is 0 Å². The van der Waals surface area contributed by atoms with Crippen LogP contribution in [0.4, 0.5) is 11.4 Å². The molecule has 9 nitrogen and oxygen atoms in total. The summed E-state index contributed by atoms with van der Waals surface area (Å²) in [5.74, 6) is -0.634. The minimum absolute atomic E-state index is 0.274. The first kappa shape index (κ1) is 19.8. The number of anilines is 1. The van der Waals surface area contributed by atoms with Crippen LogP contribution in [0, 0.1) is 16.0 Å². The largest absolute Gasteiger partial charge is 0.352 e. The SMILES string of the molecule is CC(C)CNC(=O)c1ccccc1NC(=O)Cn1cc([N+](=O)[O-])ccc1=O. The molecule has 142 valence electrons. The number of amides is 2. The maximum Gasteiger partial charge on any atom is 0.285 e. The first-order chi connectivity index (χ1) is 12.8. The molecule has 2 aromatic rings. The molecule has 1 heterocycles. The number of carbonyl (C=O) groups excluding carboxylic acids is 2. The van der Waals surface area contributed by atoms with Crippen molar-refractivity contribution in [2.75, 3.05) is 11.9 Å². The van der Waals surface area contributed by atoms with Gasteiger partial charge in [0.15, 0.2) is 0 Å². The summed E-state index contributed by atoms with van der Waals surface area (Å²) in [5.41, 5.74) is -0.255. The normalized spacial score (nSPS) is 10.5. The lowest BCUT2D eigenvalue weighted by Gasteiger charge is -2.13. The van der Waals surface area contributed by atoms with E-state index in [4.69, 9.17) is 0 Å². The number of para-hydroxylation sites is 1. The lowest BCUT2D eigenvalue weighted by molar-refractivity contribution is -0.385. The molecular formula is C18H20N4O5. The van der Waals surface area contributed by atoms with Crippen LogP contribution < -0.4 is 16.2 Å². The summed E-state index contributed by atoms with van der Waals surface area (Å²) in [6.07, 6.45) is 1.00. The molecule has 0 unspecified atom stereocenters. The van der Waals surface area contributed by atoms with Crippen molar-refractivity contribution in [1.29, 1.82) is 0 Å². The van der Waals surface area contributed by atoms with Crippen molar-refractivity contribution in [1.82, 2.24) is 9.88 Å². The summed E-state index contributed by atoms with van der Waals surface area (Å²) >= 11 is 0. The number of nitrogens with zero attached hydrogens (tertiary/aromatic N) is 2. The number of carbonyl (C=O) groups is 2. The fraction of sp³-hybridized carbons (Fsp3) is 0.278. The van der Waals surface area contributed by atoms with E-state index in [-0.39, 0.29) is 23.1 Å². The van der Waals surface area contributed by atoms with Gasteiger partial charge in [0.1, 0.15) is 6.54 Å². The number of benzene rings is 1. The molecule has 0 spiro atoms. The highest BCUT2D eigenvalue weighted by Gasteiger charge is 2.15. The summed E-state index contributed by atoms with van der Waals surface area (Å²) in [6, 6.07) is 8.58. The van der Waals surface area contributed by atoms with Crippen molar-refractivity contribution in [3.05, 3.63) is 68.6 Å². The molecule has 9 heteroatoms. The van der Waals surface area contributed by atoms with Gasteiger partial charge in [-0.3, -0.25) is 29.1 Å². The molecule has 0 radical (unpaired) electrons. The molecule has 0 atom stereocenters. The molecule has 2 N–H and O–H groups in total. The number of hydrogen-bond donors (Lipinski definition) is 2. The Morgan fingerprint density at radius 3 is 2.56 bits per heavy atom. The van der Waals surface area contributed by atoms with E-state index in [1.165, 1.54) is 0 Å². The van der Waals surface area contributed by atoms with Crippen LogP contribution in [0.25, 0.3) is 0 Å². The molecule has 2 amide bonds. The third-order valence-corrected chi connectivity index (χ3v) is 3.61. The van der Waals surface area contributed by atoms with Gasteiger partial charge in [0.25, 0.3) is 17.2 Å². The van der Waals surface area contributed by atoms with E-state index >= 15 is 0 Å². The van der Waals surface area contributed by atoms with Gasteiger partial charge in [0, 0.05) is 18.7 Å². The Balaban J connectivity index is 2.15. The van der Waals surface area contributed by atoms with Gasteiger partial charge in [-0.25, -0.2) is 0 Å². The second-order valence-electron chi connectivity index (χ2n) is 6.31. The predicted octanol–water partition coefficient (Wildman–Crippen LogP) is 1.78. The van der Waals surface area contributed by atoms with Gasteiger partial charge in [-0.15, -0.1) is 0 Å². The molecule has 0 fully saturated rings. The van der Waals surface area contributed by atoms with E-state index in [9.17, 15) is 24.5 Å². The predicted molar refractivity (Wildman–Crippen MR) is 99.6 cm³/mol. The number of pyridine rings is 1. The number of nitrogens with one attached hydrogen (secondary N) is 2. The van der Waals surface area contributed by atoms with Gasteiger partial charge in [0.05, 0.1) is 22.4 Å². The molecule has 0 aliphatic carbocycles. The molecular weight excluding hydrogens is 352 g/mol. The highest BCUT2D eigenvalue weighted by Crippen LogP contribution is 2.15. The number of nitro groups is 1. The van der Waals surface area contributed by atoms with E-state index < -0.39 is 22.9 Å². The number of rotatable bonds is 7. The van der Waals surface area contributed by atoms with Gasteiger partial charge in [-0.2, -0.15) is 0 Å². The molecule has 1 aromatic heterocycles. The highest BCUT2D eigenvalue weighted by molar-refractivity contribution is 6.03. The molecule has 0 saturated carbocycles. The van der Waals surface area contributed by atoms with Crippen LogP contribution in [-0.2, 0) is 11.3 Å². The second-order valence-corrected chi connectivity index (χ2v) is 6.31. The first-order valence-corrected chi connectivity index (χ1v) is 8.30. The van der Waals surface area contributed by atoms with Crippen LogP contribution in [0.3, 0.4) is 0 Å². The van der Waals surface area contributed by atoms with E-state index in [0.717, 1.165) is 22.9 Å². The first-order valence-electron chi connectivity index (χ1n) is 8.30.